The third-order valence-electron chi connectivity index (χ3n) is 9.13. The molecular weight excluding hydrogens is 368 g/mol. The Balaban J connectivity index is 1.36. The third-order valence-corrected chi connectivity index (χ3v) is 12.1. The number of thioether (sulfide) groups is 2. The number of hydrogen-bond donors (Lipinski definition) is 0. The summed E-state index contributed by atoms with van der Waals surface area (Å²) in [5.41, 5.74) is 2.17. The van der Waals surface area contributed by atoms with Gasteiger partial charge < -0.3 is 0 Å². The number of allylic oxidation sites excluding steroid dienone is 4. The Kier molecular flexibility index (Phi) is 4.87. The van der Waals surface area contributed by atoms with Crippen molar-refractivity contribution in [2.24, 2.45) is 34.5 Å². The van der Waals surface area contributed by atoms with Crippen LogP contribution in [0.3, 0.4) is 0 Å². The summed E-state index contributed by atoms with van der Waals surface area (Å²) in [5.74, 6) is 6.48. The highest BCUT2D eigenvalue weighted by molar-refractivity contribution is 8.17. The number of carbonyl (C=O) groups excluding carboxylic acids is 1. The summed E-state index contributed by atoms with van der Waals surface area (Å²) >= 11 is 4.48. The van der Waals surface area contributed by atoms with Gasteiger partial charge in [-0.2, -0.15) is 0 Å². The lowest BCUT2D eigenvalue weighted by Gasteiger charge is -2.57. The van der Waals surface area contributed by atoms with Crippen molar-refractivity contribution < 1.29 is 4.79 Å². The van der Waals surface area contributed by atoms with Crippen molar-refractivity contribution >= 4 is 29.3 Å². The Bertz CT molecular complexity index is 676. The molecule has 148 valence electrons. The molecule has 0 radical (unpaired) electrons. The zero-order chi connectivity index (χ0) is 18.6. The van der Waals surface area contributed by atoms with Crippen LogP contribution < -0.4 is 0 Å². The van der Waals surface area contributed by atoms with Crippen LogP contribution in [0.15, 0.2) is 23.8 Å². The van der Waals surface area contributed by atoms with Gasteiger partial charge in [-0.05, 0) is 104 Å². The van der Waals surface area contributed by atoms with E-state index in [9.17, 15) is 4.79 Å². The Morgan fingerprint density at radius 3 is 2.70 bits per heavy atom. The van der Waals surface area contributed by atoms with Gasteiger partial charge in [-0.25, -0.2) is 0 Å². The lowest BCUT2D eigenvalue weighted by Crippen LogP contribution is -2.49. The molecule has 0 aromatic heterocycles. The molecule has 3 saturated carbocycles. The van der Waals surface area contributed by atoms with Crippen LogP contribution in [-0.2, 0) is 4.79 Å². The summed E-state index contributed by atoms with van der Waals surface area (Å²) < 4.78 is 0.864. The number of ketones is 1. The second-order valence-electron chi connectivity index (χ2n) is 10.2. The Morgan fingerprint density at radius 2 is 1.89 bits per heavy atom. The van der Waals surface area contributed by atoms with Gasteiger partial charge in [0.25, 0.3) is 0 Å². The molecule has 0 spiro atoms. The van der Waals surface area contributed by atoms with Crippen molar-refractivity contribution in [3.8, 4) is 0 Å². The fourth-order valence-corrected chi connectivity index (χ4v) is 10.6. The van der Waals surface area contributed by atoms with Crippen LogP contribution in [-0.4, -0.2) is 21.9 Å². The predicted octanol–water partition coefficient (Wildman–Crippen LogP) is 6.50. The summed E-state index contributed by atoms with van der Waals surface area (Å²) in [6, 6.07) is 0. The van der Waals surface area contributed by atoms with Gasteiger partial charge in [0.1, 0.15) is 0 Å². The first-order valence-electron chi connectivity index (χ1n) is 11.2. The topological polar surface area (TPSA) is 17.1 Å². The highest BCUT2D eigenvalue weighted by Crippen LogP contribution is 2.66. The largest absolute Gasteiger partial charge is 0.290 e. The van der Waals surface area contributed by atoms with E-state index in [4.69, 9.17) is 0 Å². The first kappa shape index (κ1) is 18.9. The van der Waals surface area contributed by atoms with Crippen LogP contribution in [0.4, 0.5) is 0 Å². The quantitative estimate of drug-likeness (QED) is 0.525. The van der Waals surface area contributed by atoms with E-state index in [0.717, 1.165) is 34.7 Å². The van der Waals surface area contributed by atoms with Crippen LogP contribution in [0.2, 0.25) is 0 Å². The van der Waals surface area contributed by atoms with Crippen molar-refractivity contribution in [2.45, 2.75) is 69.8 Å². The van der Waals surface area contributed by atoms with E-state index >= 15 is 0 Å². The fraction of sp³-hybridized carbons (Fsp3) is 0.792. The molecule has 1 saturated heterocycles. The molecule has 6 unspecified atom stereocenters. The molecular formula is C24H34OS2. The van der Waals surface area contributed by atoms with Gasteiger partial charge in [-0.15, -0.1) is 23.5 Å². The third kappa shape index (κ3) is 3.01. The van der Waals surface area contributed by atoms with E-state index in [-0.39, 0.29) is 11.2 Å². The van der Waals surface area contributed by atoms with Crippen molar-refractivity contribution in [2.75, 3.05) is 11.5 Å². The van der Waals surface area contributed by atoms with Gasteiger partial charge in [-0.1, -0.05) is 25.5 Å². The van der Waals surface area contributed by atoms with E-state index in [1.165, 1.54) is 62.0 Å². The Morgan fingerprint density at radius 1 is 1.07 bits per heavy atom. The minimum absolute atomic E-state index is 0.158. The molecule has 5 aliphatic rings. The van der Waals surface area contributed by atoms with Crippen molar-refractivity contribution in [1.82, 2.24) is 0 Å². The van der Waals surface area contributed by atoms with Crippen molar-refractivity contribution in [3.05, 3.63) is 23.8 Å². The number of rotatable bonds is 2. The molecule has 1 aliphatic heterocycles. The fourth-order valence-electron chi connectivity index (χ4n) is 7.60. The van der Waals surface area contributed by atoms with Crippen LogP contribution in [0.25, 0.3) is 0 Å². The van der Waals surface area contributed by atoms with Crippen molar-refractivity contribution in [3.63, 3.8) is 0 Å². The molecule has 0 amide bonds. The normalized spacial score (nSPS) is 47.2. The first-order chi connectivity index (χ1) is 13.0. The van der Waals surface area contributed by atoms with Gasteiger partial charge in [0.2, 0.25) is 0 Å². The number of hydrogen-bond acceptors (Lipinski definition) is 3. The van der Waals surface area contributed by atoms with E-state index in [1.54, 1.807) is 0 Å². The SMILES string of the molecule is CC12C=CC(=O)C=C1CCC1C2CCC2(C)C(CC3SCCCS3)CCC12. The monoisotopic (exact) mass is 402 g/mol. The zero-order valence-electron chi connectivity index (χ0n) is 16.9. The highest BCUT2D eigenvalue weighted by atomic mass is 32.2. The molecule has 0 aromatic carbocycles. The van der Waals surface area contributed by atoms with E-state index in [2.05, 4.69) is 43.4 Å². The average Bonchev–Trinajstić information content (AvgIpc) is 3.00. The Hall–Kier alpha value is -0.150. The second-order valence-corrected chi connectivity index (χ2v) is 13.1. The second kappa shape index (κ2) is 6.97. The molecule has 3 heteroatoms. The summed E-state index contributed by atoms with van der Waals surface area (Å²) in [6.07, 6.45) is 17.2. The molecule has 27 heavy (non-hydrogen) atoms. The van der Waals surface area contributed by atoms with Crippen LogP contribution >= 0.6 is 23.5 Å². The van der Waals surface area contributed by atoms with Gasteiger partial charge in [0.15, 0.2) is 5.78 Å². The summed E-state index contributed by atoms with van der Waals surface area (Å²) in [6.45, 7) is 5.10. The van der Waals surface area contributed by atoms with E-state index in [0.29, 0.717) is 5.41 Å². The molecule has 0 N–H and O–H groups in total. The van der Waals surface area contributed by atoms with Crippen LogP contribution in [0.5, 0.6) is 0 Å². The molecule has 6 atom stereocenters. The molecule has 0 bridgehead atoms. The van der Waals surface area contributed by atoms with E-state index < -0.39 is 0 Å². The molecule has 4 aliphatic carbocycles. The van der Waals surface area contributed by atoms with Gasteiger partial charge in [0.05, 0.1) is 4.58 Å². The van der Waals surface area contributed by atoms with Crippen LogP contribution in [0.1, 0.15) is 65.2 Å². The maximum atomic E-state index is 11.9. The lowest BCUT2D eigenvalue weighted by atomic mass is 9.47. The minimum Gasteiger partial charge on any atom is -0.290 e. The highest BCUT2D eigenvalue weighted by Gasteiger charge is 2.58. The zero-order valence-corrected chi connectivity index (χ0v) is 18.5. The molecule has 4 fully saturated rings. The standard InChI is InChI=1S/C24H34OS2/c1-23-10-8-18(25)14-16(23)4-6-19-20-7-5-17(15-22-26-12-3-13-27-22)24(20,2)11-9-21(19)23/h8,10,14,17,19-22H,3-7,9,11-13,15H2,1-2H3. The summed E-state index contributed by atoms with van der Waals surface area (Å²) in [4.78, 5) is 11.9. The smallest absolute Gasteiger partial charge is 0.178 e. The number of fused-ring (bicyclic) bond motifs is 5. The van der Waals surface area contributed by atoms with Gasteiger partial charge in [0, 0.05) is 5.41 Å². The number of carbonyl (C=O) groups is 1. The van der Waals surface area contributed by atoms with Crippen molar-refractivity contribution in [1.29, 1.82) is 0 Å². The molecule has 5 rings (SSSR count). The maximum absolute atomic E-state index is 11.9. The summed E-state index contributed by atoms with van der Waals surface area (Å²) in [7, 11) is 0. The maximum Gasteiger partial charge on any atom is 0.178 e. The Labute approximate surface area is 173 Å². The minimum atomic E-state index is 0.158. The predicted molar refractivity (Wildman–Crippen MR) is 118 cm³/mol. The molecule has 0 aromatic rings. The lowest BCUT2D eigenvalue weighted by molar-refractivity contribution is -0.111. The van der Waals surface area contributed by atoms with Crippen LogP contribution in [0, 0.1) is 34.5 Å². The van der Waals surface area contributed by atoms with Gasteiger partial charge >= 0.3 is 0 Å². The first-order valence-corrected chi connectivity index (χ1v) is 13.3. The van der Waals surface area contributed by atoms with E-state index in [1.807, 2.05) is 12.2 Å². The molecule has 1 heterocycles. The molecule has 1 nitrogen and oxygen atoms in total. The average molecular weight is 403 g/mol. The van der Waals surface area contributed by atoms with Gasteiger partial charge in [-0.3, -0.25) is 4.79 Å². The summed E-state index contributed by atoms with van der Waals surface area (Å²) in [5, 5.41) is 0.